The van der Waals surface area contributed by atoms with Crippen molar-refractivity contribution in [1.82, 2.24) is 9.78 Å². The average molecular weight is 286 g/mol. The van der Waals surface area contributed by atoms with Gasteiger partial charge in [0.15, 0.2) is 0 Å². The Morgan fingerprint density at radius 3 is 2.68 bits per heavy atom. The lowest BCUT2D eigenvalue weighted by Crippen LogP contribution is -2.07. The number of carboxylic acids is 1. The second-order valence-electron chi connectivity index (χ2n) is 3.49. The maximum Gasteiger partial charge on any atom is 0.338 e. The zero-order valence-corrected chi connectivity index (χ0v) is 9.83. The number of carbonyl (C=O) groups is 1. The number of rotatable bonds is 3. The van der Waals surface area contributed by atoms with Crippen LogP contribution in [0.3, 0.4) is 0 Å². The fourth-order valence-corrected chi connectivity index (χ4v) is 1.61. The van der Waals surface area contributed by atoms with E-state index in [0.29, 0.717) is 6.07 Å². The third-order valence-corrected chi connectivity index (χ3v) is 2.48. The van der Waals surface area contributed by atoms with Crippen LogP contribution in [0.15, 0.2) is 24.5 Å². The molecule has 1 aromatic heterocycles. The number of hydrogen-bond acceptors (Lipinski definition) is 4. The molecule has 0 aliphatic heterocycles. The Bertz CT molecular complexity index is 685. The van der Waals surface area contributed by atoms with Gasteiger partial charge in [-0.3, -0.25) is 10.1 Å². The van der Waals surface area contributed by atoms with Crippen molar-refractivity contribution in [2.75, 3.05) is 0 Å². The largest absolute Gasteiger partial charge is 0.478 e. The number of hydrogen-bond donors (Lipinski definition) is 1. The van der Waals surface area contributed by atoms with E-state index >= 15 is 0 Å². The molecule has 0 atom stereocenters. The van der Waals surface area contributed by atoms with Gasteiger partial charge in [0.25, 0.3) is 5.69 Å². The number of carboxylic acid groups (broad SMARTS) is 1. The van der Waals surface area contributed by atoms with E-state index in [9.17, 15) is 19.3 Å². The number of nitrogens with zero attached hydrogens (tertiary/aromatic N) is 3. The Hall–Kier alpha value is -2.48. The first kappa shape index (κ1) is 13.0. The van der Waals surface area contributed by atoms with Gasteiger partial charge in [-0.25, -0.2) is 13.9 Å². The van der Waals surface area contributed by atoms with Crippen molar-refractivity contribution in [1.29, 1.82) is 0 Å². The smallest absolute Gasteiger partial charge is 0.338 e. The molecule has 1 N–H and O–H groups in total. The van der Waals surface area contributed by atoms with Gasteiger partial charge in [-0.05, 0) is 6.07 Å². The van der Waals surface area contributed by atoms with Gasteiger partial charge in [-0.15, -0.1) is 0 Å². The first-order chi connectivity index (χ1) is 8.90. The van der Waals surface area contributed by atoms with E-state index < -0.39 is 28.0 Å². The monoisotopic (exact) mass is 285 g/mol. The van der Waals surface area contributed by atoms with Crippen LogP contribution in [-0.2, 0) is 0 Å². The number of aromatic nitrogens is 2. The lowest BCUT2D eigenvalue weighted by molar-refractivity contribution is -0.384. The molecule has 0 fully saturated rings. The molecule has 9 heteroatoms. The summed E-state index contributed by atoms with van der Waals surface area (Å²) < 4.78 is 14.4. The van der Waals surface area contributed by atoms with Crippen LogP contribution in [0.5, 0.6) is 0 Å². The van der Waals surface area contributed by atoms with Gasteiger partial charge in [0.05, 0.1) is 27.8 Å². The Morgan fingerprint density at radius 2 is 2.21 bits per heavy atom. The molecule has 19 heavy (non-hydrogen) atoms. The molecular weight excluding hydrogens is 281 g/mol. The molecule has 98 valence electrons. The fourth-order valence-electron chi connectivity index (χ4n) is 1.48. The molecule has 7 nitrogen and oxygen atoms in total. The highest BCUT2D eigenvalue weighted by molar-refractivity contribution is 6.30. The normalized spacial score (nSPS) is 10.4. The number of halogens is 2. The summed E-state index contributed by atoms with van der Waals surface area (Å²) in [5, 5.41) is 23.6. The summed E-state index contributed by atoms with van der Waals surface area (Å²) in [6, 6.07) is 1.37. The molecule has 0 spiro atoms. The molecule has 0 bridgehead atoms. The molecule has 0 saturated carbocycles. The molecule has 0 amide bonds. The molecule has 2 rings (SSSR count). The minimum absolute atomic E-state index is 0.185. The summed E-state index contributed by atoms with van der Waals surface area (Å²) in [4.78, 5) is 20.8. The standard InChI is InChI=1S/C10H5ClFN3O4/c11-5-3-13-14(4-5)8-1-6(10(16)17)7(12)2-9(8)15(18)19/h1-4H,(H,16,17). The molecule has 0 saturated heterocycles. The molecule has 0 unspecified atom stereocenters. The highest BCUT2D eigenvalue weighted by Crippen LogP contribution is 2.27. The lowest BCUT2D eigenvalue weighted by atomic mass is 10.1. The summed E-state index contributed by atoms with van der Waals surface area (Å²) in [5.41, 5.74) is -1.48. The van der Waals surface area contributed by atoms with Crippen LogP contribution in [0.2, 0.25) is 5.02 Å². The van der Waals surface area contributed by atoms with E-state index in [1.54, 1.807) is 0 Å². The van der Waals surface area contributed by atoms with Crippen LogP contribution in [0, 0.1) is 15.9 Å². The van der Waals surface area contributed by atoms with Crippen molar-refractivity contribution in [2.24, 2.45) is 0 Å². The third-order valence-electron chi connectivity index (χ3n) is 2.29. The predicted octanol–water partition coefficient (Wildman–Crippen LogP) is 2.27. The zero-order chi connectivity index (χ0) is 14.2. The molecule has 0 radical (unpaired) electrons. The molecule has 1 heterocycles. The molecule has 0 aliphatic rings. The third kappa shape index (κ3) is 2.38. The van der Waals surface area contributed by atoms with Gasteiger partial charge < -0.3 is 5.11 Å². The second-order valence-corrected chi connectivity index (χ2v) is 3.92. The van der Waals surface area contributed by atoms with Crippen LogP contribution in [0.25, 0.3) is 5.69 Å². The van der Waals surface area contributed by atoms with Gasteiger partial charge >= 0.3 is 5.97 Å². The van der Waals surface area contributed by atoms with E-state index in [0.717, 1.165) is 10.7 Å². The quantitative estimate of drug-likeness (QED) is 0.689. The maximum absolute atomic E-state index is 13.4. The summed E-state index contributed by atoms with van der Waals surface area (Å²) in [6.07, 6.45) is 2.46. The van der Waals surface area contributed by atoms with E-state index in [1.165, 1.54) is 12.4 Å². The lowest BCUT2D eigenvalue weighted by Gasteiger charge is -2.05. The van der Waals surface area contributed by atoms with Crippen LogP contribution in [0.1, 0.15) is 10.4 Å². The minimum atomic E-state index is -1.54. The van der Waals surface area contributed by atoms with Gasteiger partial charge in [0, 0.05) is 6.20 Å². The first-order valence-electron chi connectivity index (χ1n) is 4.82. The highest BCUT2D eigenvalue weighted by Gasteiger charge is 2.23. The van der Waals surface area contributed by atoms with Gasteiger partial charge in [-0.2, -0.15) is 5.10 Å². The van der Waals surface area contributed by atoms with E-state index in [4.69, 9.17) is 16.7 Å². The number of nitro groups is 1. The van der Waals surface area contributed by atoms with E-state index in [-0.39, 0.29) is 10.7 Å². The van der Waals surface area contributed by atoms with Gasteiger partial charge in [0.1, 0.15) is 11.5 Å². The van der Waals surface area contributed by atoms with Crippen molar-refractivity contribution in [3.8, 4) is 5.69 Å². The summed E-state index contributed by atoms with van der Waals surface area (Å²) >= 11 is 5.63. The van der Waals surface area contributed by atoms with Crippen molar-refractivity contribution in [3.63, 3.8) is 0 Å². The van der Waals surface area contributed by atoms with E-state index in [1.807, 2.05) is 0 Å². The summed E-state index contributed by atoms with van der Waals surface area (Å²) in [6.45, 7) is 0. The van der Waals surface area contributed by atoms with Crippen molar-refractivity contribution in [3.05, 3.63) is 51.0 Å². The topological polar surface area (TPSA) is 98.3 Å². The fraction of sp³-hybridized carbons (Fsp3) is 0. The highest BCUT2D eigenvalue weighted by atomic mass is 35.5. The minimum Gasteiger partial charge on any atom is -0.478 e. The van der Waals surface area contributed by atoms with E-state index in [2.05, 4.69) is 5.10 Å². The Morgan fingerprint density at radius 1 is 1.53 bits per heavy atom. The van der Waals surface area contributed by atoms with Crippen LogP contribution < -0.4 is 0 Å². The molecule has 2 aromatic rings. The second kappa shape index (κ2) is 4.65. The van der Waals surface area contributed by atoms with Crippen LogP contribution in [-0.4, -0.2) is 25.8 Å². The van der Waals surface area contributed by atoms with Gasteiger partial charge in [0.2, 0.25) is 0 Å². The SMILES string of the molecule is O=C(O)c1cc(-n2cc(Cl)cn2)c([N+](=O)[O-])cc1F. The van der Waals surface area contributed by atoms with Gasteiger partial charge in [-0.1, -0.05) is 11.6 Å². The Kier molecular flexibility index (Phi) is 3.17. The summed E-state index contributed by atoms with van der Waals surface area (Å²) in [5.74, 6) is -2.73. The van der Waals surface area contributed by atoms with Crippen molar-refractivity contribution < 1.29 is 19.2 Å². The number of nitro benzene ring substituents is 1. The molecular formula is C10H5ClFN3O4. The van der Waals surface area contributed by atoms with Crippen LogP contribution in [0.4, 0.5) is 10.1 Å². The first-order valence-corrected chi connectivity index (χ1v) is 5.19. The van der Waals surface area contributed by atoms with Crippen molar-refractivity contribution >= 4 is 23.3 Å². The zero-order valence-electron chi connectivity index (χ0n) is 9.08. The Labute approximate surface area is 110 Å². The van der Waals surface area contributed by atoms with Crippen molar-refractivity contribution in [2.45, 2.75) is 0 Å². The average Bonchev–Trinajstić information content (AvgIpc) is 2.74. The number of benzene rings is 1. The summed E-state index contributed by atoms with van der Waals surface area (Å²) in [7, 11) is 0. The molecule has 1 aromatic carbocycles. The Balaban J connectivity index is 2.72. The van der Waals surface area contributed by atoms with Crippen LogP contribution >= 0.6 is 11.6 Å². The number of aromatic carboxylic acids is 1. The predicted molar refractivity (Wildman–Crippen MR) is 62.1 cm³/mol. The maximum atomic E-state index is 13.4. The molecule has 0 aliphatic carbocycles.